The Balaban J connectivity index is 1.76. The predicted molar refractivity (Wildman–Crippen MR) is 119 cm³/mol. The summed E-state index contributed by atoms with van der Waals surface area (Å²) in [5.74, 6) is 1.47. The largest absolute Gasteiger partial charge is 0.396 e. The minimum atomic E-state index is -0.632. The van der Waals surface area contributed by atoms with Crippen LogP contribution < -0.4 is 0 Å². The molecule has 2 unspecified atom stereocenters. The predicted octanol–water partition coefficient (Wildman–Crippen LogP) is 5.32. The highest BCUT2D eigenvalue weighted by atomic mass is 16.3. The van der Waals surface area contributed by atoms with E-state index in [4.69, 9.17) is 5.11 Å². The molecule has 3 aliphatic carbocycles. The van der Waals surface area contributed by atoms with Crippen LogP contribution in [0.4, 0.5) is 0 Å². The van der Waals surface area contributed by atoms with Crippen LogP contribution >= 0.6 is 0 Å². The van der Waals surface area contributed by atoms with E-state index in [-0.39, 0.29) is 6.61 Å². The quantitative estimate of drug-likeness (QED) is 0.546. The van der Waals surface area contributed by atoms with Crippen molar-refractivity contribution in [1.82, 2.24) is 0 Å². The normalized spacial score (nSPS) is 37.0. The molecule has 0 aromatic heterocycles. The molecule has 5 atom stereocenters. The minimum Gasteiger partial charge on any atom is -0.396 e. The van der Waals surface area contributed by atoms with Gasteiger partial charge < -0.3 is 15.3 Å². The Morgan fingerprint density at radius 3 is 2.41 bits per heavy atom. The zero-order chi connectivity index (χ0) is 21.2. The maximum atomic E-state index is 10.4. The fourth-order valence-electron chi connectivity index (χ4n) is 6.67. The molecule has 0 spiro atoms. The van der Waals surface area contributed by atoms with Gasteiger partial charge in [0.2, 0.25) is 0 Å². The van der Waals surface area contributed by atoms with Crippen LogP contribution in [-0.2, 0) is 0 Å². The fourth-order valence-corrected chi connectivity index (χ4v) is 6.67. The summed E-state index contributed by atoms with van der Waals surface area (Å²) in [6.07, 6.45) is 14.4. The molecule has 3 nitrogen and oxygen atoms in total. The lowest BCUT2D eigenvalue weighted by molar-refractivity contribution is 0.0435. The first kappa shape index (κ1) is 22.8. The smallest absolute Gasteiger partial charge is 0.0812 e. The first-order chi connectivity index (χ1) is 13.7. The van der Waals surface area contributed by atoms with Crippen LogP contribution in [0.3, 0.4) is 0 Å². The Morgan fingerprint density at radius 2 is 1.79 bits per heavy atom. The summed E-state index contributed by atoms with van der Waals surface area (Å²) in [4.78, 5) is 0. The SMILES string of the molecule is CCC(C)(C)C1CCC2C(=CC=C3C[C@@H](O)C(=CCCO)[C@H](O)C3)CCC[C@@]21C. The van der Waals surface area contributed by atoms with Crippen molar-refractivity contribution in [2.45, 2.75) is 97.7 Å². The van der Waals surface area contributed by atoms with Gasteiger partial charge in [0, 0.05) is 6.61 Å². The monoisotopic (exact) mass is 402 g/mol. The van der Waals surface area contributed by atoms with Gasteiger partial charge in [-0.25, -0.2) is 0 Å². The number of fused-ring (bicyclic) bond motifs is 1. The van der Waals surface area contributed by atoms with Crippen LogP contribution in [0, 0.1) is 22.7 Å². The molecule has 0 heterocycles. The zero-order valence-electron chi connectivity index (χ0n) is 19.0. The average molecular weight is 403 g/mol. The van der Waals surface area contributed by atoms with Crippen LogP contribution in [0.2, 0.25) is 0 Å². The molecular formula is C26H42O3. The van der Waals surface area contributed by atoms with E-state index in [2.05, 4.69) is 39.8 Å². The van der Waals surface area contributed by atoms with Gasteiger partial charge in [-0.15, -0.1) is 0 Å². The van der Waals surface area contributed by atoms with Gasteiger partial charge in [0.1, 0.15) is 0 Å². The fraction of sp³-hybridized carbons (Fsp3) is 0.769. The van der Waals surface area contributed by atoms with Crippen LogP contribution in [0.15, 0.2) is 34.9 Å². The van der Waals surface area contributed by atoms with Gasteiger partial charge in [0.15, 0.2) is 0 Å². The Bertz CT molecular complexity index is 655. The van der Waals surface area contributed by atoms with Crippen LogP contribution in [0.1, 0.15) is 85.5 Å². The molecule has 0 aromatic carbocycles. The summed E-state index contributed by atoms with van der Waals surface area (Å²) in [6.45, 7) is 9.84. The highest BCUT2D eigenvalue weighted by molar-refractivity contribution is 5.30. The summed E-state index contributed by atoms with van der Waals surface area (Å²) < 4.78 is 0. The van der Waals surface area contributed by atoms with E-state index in [1.54, 1.807) is 11.6 Å². The van der Waals surface area contributed by atoms with E-state index >= 15 is 0 Å². The van der Waals surface area contributed by atoms with Crippen molar-refractivity contribution in [1.29, 1.82) is 0 Å². The van der Waals surface area contributed by atoms with Gasteiger partial charge in [-0.3, -0.25) is 0 Å². The van der Waals surface area contributed by atoms with E-state index in [0.717, 1.165) is 11.5 Å². The molecule has 3 saturated carbocycles. The van der Waals surface area contributed by atoms with Crippen molar-refractivity contribution in [3.05, 3.63) is 34.9 Å². The van der Waals surface area contributed by atoms with Crippen molar-refractivity contribution in [3.63, 3.8) is 0 Å². The summed E-state index contributed by atoms with van der Waals surface area (Å²) in [6, 6.07) is 0. The second-order valence-electron chi connectivity index (χ2n) is 10.6. The first-order valence-corrected chi connectivity index (χ1v) is 11.8. The summed E-state index contributed by atoms with van der Waals surface area (Å²) >= 11 is 0. The standard InChI is InChI=1S/C26H42O3/c1-5-25(2,3)24-13-12-21-19(8-6-14-26(21,24)4)11-10-18-16-22(28)20(9-7-15-27)23(29)17-18/h9-11,21-24,27-29H,5-8,12-17H2,1-4H3/t21?,22-,23-,24?,26+/m1/s1. The molecule has 0 aliphatic heterocycles. The molecule has 29 heavy (non-hydrogen) atoms. The van der Waals surface area contributed by atoms with Gasteiger partial charge in [-0.2, -0.15) is 0 Å². The number of allylic oxidation sites excluding steroid dienone is 3. The molecule has 0 saturated heterocycles. The Labute approximate surface area is 177 Å². The lowest BCUT2D eigenvalue weighted by atomic mass is 9.57. The van der Waals surface area contributed by atoms with Crippen molar-refractivity contribution in [2.75, 3.05) is 6.61 Å². The number of rotatable bonds is 5. The van der Waals surface area contributed by atoms with Crippen LogP contribution in [0.5, 0.6) is 0 Å². The van der Waals surface area contributed by atoms with Crippen molar-refractivity contribution < 1.29 is 15.3 Å². The molecule has 3 aliphatic rings. The molecule has 3 fully saturated rings. The minimum absolute atomic E-state index is 0.0493. The van der Waals surface area contributed by atoms with Gasteiger partial charge in [-0.1, -0.05) is 63.5 Å². The molecule has 3 heteroatoms. The van der Waals surface area contributed by atoms with Crippen molar-refractivity contribution in [3.8, 4) is 0 Å². The lowest BCUT2D eigenvalue weighted by Gasteiger charge is -2.48. The molecule has 0 aromatic rings. The maximum Gasteiger partial charge on any atom is 0.0812 e. The van der Waals surface area contributed by atoms with Gasteiger partial charge >= 0.3 is 0 Å². The first-order valence-electron chi connectivity index (χ1n) is 11.8. The molecule has 0 radical (unpaired) electrons. The second-order valence-corrected chi connectivity index (χ2v) is 10.6. The van der Waals surface area contributed by atoms with E-state index in [0.29, 0.717) is 41.6 Å². The number of aliphatic hydroxyl groups is 3. The Hall–Kier alpha value is -0.900. The van der Waals surface area contributed by atoms with E-state index < -0.39 is 12.2 Å². The van der Waals surface area contributed by atoms with E-state index in [9.17, 15) is 10.2 Å². The second kappa shape index (κ2) is 9.08. The van der Waals surface area contributed by atoms with Crippen LogP contribution in [0.25, 0.3) is 0 Å². The molecule has 0 amide bonds. The summed E-state index contributed by atoms with van der Waals surface area (Å²) in [5.41, 5.74) is 4.21. The van der Waals surface area contributed by atoms with Gasteiger partial charge in [0.25, 0.3) is 0 Å². The lowest BCUT2D eigenvalue weighted by Crippen LogP contribution is -2.39. The van der Waals surface area contributed by atoms with Crippen LogP contribution in [-0.4, -0.2) is 34.1 Å². The number of aliphatic hydroxyl groups excluding tert-OH is 3. The third kappa shape index (κ3) is 4.57. The molecule has 3 rings (SSSR count). The zero-order valence-corrected chi connectivity index (χ0v) is 19.0. The highest BCUT2D eigenvalue weighted by Crippen LogP contribution is 2.62. The summed E-state index contributed by atoms with van der Waals surface area (Å²) in [7, 11) is 0. The topological polar surface area (TPSA) is 60.7 Å². The third-order valence-corrected chi connectivity index (χ3v) is 8.54. The Morgan fingerprint density at radius 1 is 1.10 bits per heavy atom. The highest BCUT2D eigenvalue weighted by Gasteiger charge is 2.53. The van der Waals surface area contributed by atoms with Gasteiger partial charge in [0.05, 0.1) is 12.2 Å². The van der Waals surface area contributed by atoms with Crippen molar-refractivity contribution >= 4 is 0 Å². The number of hydrogen-bond donors (Lipinski definition) is 3. The van der Waals surface area contributed by atoms with E-state index in [1.807, 2.05) is 0 Å². The van der Waals surface area contributed by atoms with E-state index in [1.165, 1.54) is 38.5 Å². The summed E-state index contributed by atoms with van der Waals surface area (Å²) in [5, 5.41) is 29.9. The molecule has 0 bridgehead atoms. The molecular weight excluding hydrogens is 360 g/mol. The van der Waals surface area contributed by atoms with Gasteiger partial charge in [-0.05, 0) is 79.6 Å². The Kier molecular flexibility index (Phi) is 7.13. The maximum absolute atomic E-state index is 10.4. The molecule has 164 valence electrons. The third-order valence-electron chi connectivity index (χ3n) is 8.54. The average Bonchev–Trinajstić information content (AvgIpc) is 3.04. The molecule has 3 N–H and O–H groups in total. The number of hydrogen-bond acceptors (Lipinski definition) is 3. The van der Waals surface area contributed by atoms with Crippen molar-refractivity contribution in [2.24, 2.45) is 22.7 Å².